The van der Waals surface area contributed by atoms with Crippen LogP contribution in [0.1, 0.15) is 18.9 Å². The van der Waals surface area contributed by atoms with Gasteiger partial charge in [-0.2, -0.15) is 0 Å². The lowest BCUT2D eigenvalue weighted by atomic mass is 10.2. The Hall–Kier alpha value is -0.390. The van der Waals surface area contributed by atoms with Crippen LogP contribution in [0.3, 0.4) is 0 Å². The van der Waals surface area contributed by atoms with Crippen molar-refractivity contribution < 1.29 is 8.42 Å². The smallest absolute Gasteiger partial charge is 0.211 e. The van der Waals surface area contributed by atoms with Gasteiger partial charge in [-0.05, 0) is 24.1 Å². The SMILES string of the molecule is CCCS(=O)(=O)NCc1cccc(Br)c1. The molecule has 1 aromatic carbocycles. The summed E-state index contributed by atoms with van der Waals surface area (Å²) in [6.07, 6.45) is 0.633. The summed E-state index contributed by atoms with van der Waals surface area (Å²) in [7, 11) is -3.11. The van der Waals surface area contributed by atoms with Crippen molar-refractivity contribution in [3.63, 3.8) is 0 Å². The molecule has 0 saturated heterocycles. The Morgan fingerprint density at radius 1 is 1.40 bits per heavy atom. The van der Waals surface area contributed by atoms with E-state index in [9.17, 15) is 8.42 Å². The lowest BCUT2D eigenvalue weighted by Crippen LogP contribution is -2.25. The second kappa shape index (κ2) is 5.63. The first kappa shape index (κ1) is 12.7. The average molecular weight is 292 g/mol. The topological polar surface area (TPSA) is 46.2 Å². The van der Waals surface area contributed by atoms with E-state index in [1.165, 1.54) is 0 Å². The normalized spacial score (nSPS) is 11.6. The van der Waals surface area contributed by atoms with Gasteiger partial charge in [0.05, 0.1) is 5.75 Å². The van der Waals surface area contributed by atoms with E-state index in [0.29, 0.717) is 13.0 Å². The summed E-state index contributed by atoms with van der Waals surface area (Å²) in [5.74, 6) is 0.182. The Balaban J connectivity index is 2.58. The highest BCUT2D eigenvalue weighted by molar-refractivity contribution is 9.10. The molecule has 0 aliphatic rings. The van der Waals surface area contributed by atoms with Gasteiger partial charge in [-0.25, -0.2) is 13.1 Å². The summed E-state index contributed by atoms with van der Waals surface area (Å²) in [4.78, 5) is 0. The maximum Gasteiger partial charge on any atom is 0.211 e. The molecule has 0 spiro atoms. The zero-order valence-electron chi connectivity index (χ0n) is 8.53. The highest BCUT2D eigenvalue weighted by Crippen LogP contribution is 2.11. The number of hydrogen-bond donors (Lipinski definition) is 1. The summed E-state index contributed by atoms with van der Waals surface area (Å²) in [5, 5.41) is 0. The van der Waals surface area contributed by atoms with Gasteiger partial charge in [0.2, 0.25) is 10.0 Å². The molecule has 0 bridgehead atoms. The first-order valence-corrected chi connectivity index (χ1v) is 7.20. The third kappa shape index (κ3) is 4.77. The van der Waals surface area contributed by atoms with Gasteiger partial charge in [-0.3, -0.25) is 0 Å². The zero-order valence-corrected chi connectivity index (χ0v) is 10.9. The van der Waals surface area contributed by atoms with E-state index in [1.54, 1.807) is 0 Å². The van der Waals surface area contributed by atoms with E-state index in [0.717, 1.165) is 10.0 Å². The van der Waals surface area contributed by atoms with Crippen LogP contribution in [0.2, 0.25) is 0 Å². The Bertz CT molecular complexity index is 417. The maximum absolute atomic E-state index is 11.4. The van der Waals surface area contributed by atoms with E-state index in [2.05, 4.69) is 20.7 Å². The fraction of sp³-hybridized carbons (Fsp3) is 0.400. The third-order valence-corrected chi connectivity index (χ3v) is 3.88. The molecule has 5 heteroatoms. The van der Waals surface area contributed by atoms with Crippen molar-refractivity contribution >= 4 is 26.0 Å². The number of benzene rings is 1. The number of sulfonamides is 1. The quantitative estimate of drug-likeness (QED) is 0.905. The van der Waals surface area contributed by atoms with Gasteiger partial charge in [-0.1, -0.05) is 35.0 Å². The fourth-order valence-corrected chi connectivity index (χ4v) is 2.70. The lowest BCUT2D eigenvalue weighted by Gasteiger charge is -2.05. The highest BCUT2D eigenvalue weighted by atomic mass is 79.9. The van der Waals surface area contributed by atoms with Crippen molar-refractivity contribution in [2.75, 3.05) is 5.75 Å². The summed E-state index contributed by atoms with van der Waals surface area (Å²) in [5.41, 5.74) is 0.948. The minimum Gasteiger partial charge on any atom is -0.212 e. The molecule has 3 nitrogen and oxygen atoms in total. The number of halogens is 1. The first-order valence-electron chi connectivity index (χ1n) is 4.75. The number of hydrogen-bond acceptors (Lipinski definition) is 2. The van der Waals surface area contributed by atoms with Crippen molar-refractivity contribution in [3.05, 3.63) is 34.3 Å². The van der Waals surface area contributed by atoms with Gasteiger partial charge in [-0.15, -0.1) is 0 Å². The second-order valence-electron chi connectivity index (χ2n) is 3.27. The predicted octanol–water partition coefficient (Wildman–Crippen LogP) is 2.28. The predicted molar refractivity (Wildman–Crippen MR) is 65.1 cm³/mol. The van der Waals surface area contributed by atoms with Crippen LogP contribution in [-0.2, 0) is 16.6 Å². The van der Waals surface area contributed by atoms with E-state index < -0.39 is 10.0 Å². The fourth-order valence-electron chi connectivity index (χ4n) is 1.18. The van der Waals surface area contributed by atoms with Crippen molar-refractivity contribution in [2.45, 2.75) is 19.9 Å². The third-order valence-electron chi connectivity index (χ3n) is 1.86. The molecule has 84 valence electrons. The van der Waals surface area contributed by atoms with Crippen LogP contribution in [0.25, 0.3) is 0 Å². The molecule has 0 aliphatic heterocycles. The molecule has 0 unspecified atom stereocenters. The van der Waals surface area contributed by atoms with Crippen LogP contribution in [0.15, 0.2) is 28.7 Å². The Labute approximate surface area is 99.1 Å². The minimum absolute atomic E-state index is 0.182. The summed E-state index contributed by atoms with van der Waals surface area (Å²) in [6, 6.07) is 7.57. The first-order chi connectivity index (χ1) is 7.03. The van der Waals surface area contributed by atoms with Crippen LogP contribution < -0.4 is 4.72 Å². The van der Waals surface area contributed by atoms with E-state index >= 15 is 0 Å². The molecule has 1 aromatic rings. The molecule has 0 heterocycles. The van der Waals surface area contributed by atoms with Crippen LogP contribution in [0, 0.1) is 0 Å². The molecule has 1 N–H and O–H groups in total. The average Bonchev–Trinajstić information content (AvgIpc) is 2.15. The zero-order chi connectivity index (χ0) is 11.3. The number of rotatable bonds is 5. The molecule has 15 heavy (non-hydrogen) atoms. The molecule has 0 saturated carbocycles. The molecular formula is C10H14BrNO2S. The van der Waals surface area contributed by atoms with E-state index in [4.69, 9.17) is 0 Å². The summed E-state index contributed by atoms with van der Waals surface area (Å²) in [6.45, 7) is 2.19. The standard InChI is InChI=1S/C10H14BrNO2S/c1-2-6-15(13,14)12-8-9-4-3-5-10(11)7-9/h3-5,7,12H,2,6,8H2,1H3. The van der Waals surface area contributed by atoms with Crippen molar-refractivity contribution in [2.24, 2.45) is 0 Å². The molecule has 0 amide bonds. The van der Waals surface area contributed by atoms with Gasteiger partial charge in [0.15, 0.2) is 0 Å². The van der Waals surface area contributed by atoms with E-state index in [-0.39, 0.29) is 5.75 Å². The molecular weight excluding hydrogens is 278 g/mol. The van der Waals surface area contributed by atoms with Crippen LogP contribution in [-0.4, -0.2) is 14.2 Å². The summed E-state index contributed by atoms with van der Waals surface area (Å²) < 4.78 is 26.2. The van der Waals surface area contributed by atoms with Gasteiger partial charge < -0.3 is 0 Å². The van der Waals surface area contributed by atoms with Gasteiger partial charge in [0.25, 0.3) is 0 Å². The van der Waals surface area contributed by atoms with Crippen LogP contribution in [0.4, 0.5) is 0 Å². The van der Waals surface area contributed by atoms with Gasteiger partial charge in [0, 0.05) is 11.0 Å². The molecule has 1 rings (SSSR count). The van der Waals surface area contributed by atoms with Crippen LogP contribution in [0.5, 0.6) is 0 Å². The second-order valence-corrected chi connectivity index (χ2v) is 6.11. The summed E-state index contributed by atoms with van der Waals surface area (Å²) >= 11 is 3.34. The molecule has 0 fully saturated rings. The Morgan fingerprint density at radius 2 is 2.13 bits per heavy atom. The van der Waals surface area contributed by atoms with Crippen LogP contribution >= 0.6 is 15.9 Å². The minimum atomic E-state index is -3.11. The monoisotopic (exact) mass is 291 g/mol. The van der Waals surface area contributed by atoms with Gasteiger partial charge in [0.1, 0.15) is 0 Å². The molecule has 0 aliphatic carbocycles. The van der Waals surface area contributed by atoms with E-state index in [1.807, 2.05) is 31.2 Å². The Morgan fingerprint density at radius 3 is 2.73 bits per heavy atom. The molecule has 0 aromatic heterocycles. The largest absolute Gasteiger partial charge is 0.212 e. The molecule has 0 radical (unpaired) electrons. The number of nitrogens with one attached hydrogen (secondary N) is 1. The van der Waals surface area contributed by atoms with Crippen molar-refractivity contribution in [3.8, 4) is 0 Å². The Kier molecular flexibility index (Phi) is 4.76. The maximum atomic E-state index is 11.4. The lowest BCUT2D eigenvalue weighted by molar-refractivity contribution is 0.580. The van der Waals surface area contributed by atoms with Gasteiger partial charge >= 0.3 is 0 Å². The van der Waals surface area contributed by atoms with Crippen molar-refractivity contribution in [1.29, 1.82) is 0 Å². The molecule has 0 atom stereocenters. The van der Waals surface area contributed by atoms with Crippen molar-refractivity contribution in [1.82, 2.24) is 4.72 Å². The highest BCUT2D eigenvalue weighted by Gasteiger charge is 2.07.